The zero-order valence-electron chi connectivity index (χ0n) is 15.0. The van der Waals surface area contributed by atoms with Crippen LogP contribution in [0, 0.1) is 11.8 Å². The van der Waals surface area contributed by atoms with Gasteiger partial charge in [0.15, 0.2) is 0 Å². The minimum absolute atomic E-state index is 0.0217. The lowest BCUT2D eigenvalue weighted by Gasteiger charge is -2.35. The van der Waals surface area contributed by atoms with Gasteiger partial charge >= 0.3 is 0 Å². The largest absolute Gasteiger partial charge is 0.352 e. The molecule has 1 heterocycles. The number of rotatable bonds is 5. The Morgan fingerprint density at radius 2 is 1.95 bits per heavy atom. The Morgan fingerprint density at radius 3 is 2.59 bits per heavy atom. The maximum atomic E-state index is 12.5. The number of hydrogen-bond donors (Lipinski definition) is 1. The summed E-state index contributed by atoms with van der Waals surface area (Å²) in [5.41, 5.74) is 0. The van der Waals surface area contributed by atoms with Crippen molar-refractivity contribution in [3.05, 3.63) is 0 Å². The van der Waals surface area contributed by atoms with E-state index in [2.05, 4.69) is 36.1 Å². The highest BCUT2D eigenvalue weighted by Gasteiger charge is 2.26. The van der Waals surface area contributed by atoms with Gasteiger partial charge in [-0.2, -0.15) is 0 Å². The van der Waals surface area contributed by atoms with Crippen LogP contribution in [0.4, 0.5) is 0 Å². The molecule has 0 spiro atoms. The van der Waals surface area contributed by atoms with E-state index in [4.69, 9.17) is 0 Å². The van der Waals surface area contributed by atoms with Gasteiger partial charge in [0.1, 0.15) is 0 Å². The first kappa shape index (κ1) is 17.7. The molecule has 0 aromatic heterocycles. The lowest BCUT2D eigenvalue weighted by molar-refractivity contribution is -0.126. The number of carbonyl (C=O) groups excluding carboxylic acids is 1. The van der Waals surface area contributed by atoms with Crippen molar-refractivity contribution in [3.8, 4) is 0 Å². The Bertz CT molecular complexity index is 352. The molecule has 0 aromatic rings. The van der Waals surface area contributed by atoms with Crippen molar-refractivity contribution in [2.24, 2.45) is 11.8 Å². The van der Waals surface area contributed by atoms with Crippen LogP contribution in [0.2, 0.25) is 0 Å². The molecular weight excluding hydrogens is 274 g/mol. The third-order valence-electron chi connectivity index (χ3n) is 5.67. The van der Waals surface area contributed by atoms with E-state index in [0.717, 1.165) is 25.3 Å². The predicted octanol–water partition coefficient (Wildman–Crippen LogP) is 2.34. The van der Waals surface area contributed by atoms with Crippen molar-refractivity contribution in [2.75, 3.05) is 33.7 Å². The summed E-state index contributed by atoms with van der Waals surface area (Å²) in [7, 11) is 4.30. The fraction of sp³-hybridized carbons (Fsp3) is 0.944. The van der Waals surface area contributed by atoms with Crippen LogP contribution in [0.5, 0.6) is 0 Å². The van der Waals surface area contributed by atoms with Crippen LogP contribution >= 0.6 is 0 Å². The van der Waals surface area contributed by atoms with Crippen molar-refractivity contribution in [1.82, 2.24) is 15.1 Å². The SMILES string of the molecule is CC1CCC(NC(=O)C(C)N(C)CC2CCCN(C)C2)CC1. The molecule has 2 atom stereocenters. The topological polar surface area (TPSA) is 35.6 Å². The number of nitrogens with zero attached hydrogens (tertiary/aromatic N) is 2. The van der Waals surface area contributed by atoms with Crippen LogP contribution in [0.3, 0.4) is 0 Å². The Labute approximate surface area is 136 Å². The highest BCUT2D eigenvalue weighted by molar-refractivity contribution is 5.81. The zero-order chi connectivity index (χ0) is 16.1. The Hall–Kier alpha value is -0.610. The van der Waals surface area contributed by atoms with Gasteiger partial charge < -0.3 is 10.2 Å². The van der Waals surface area contributed by atoms with Gasteiger partial charge in [-0.1, -0.05) is 6.92 Å². The number of likely N-dealkylation sites (tertiary alicyclic amines) is 1. The first-order valence-electron chi connectivity index (χ1n) is 9.15. The first-order valence-corrected chi connectivity index (χ1v) is 9.15. The van der Waals surface area contributed by atoms with Crippen LogP contribution in [0.25, 0.3) is 0 Å². The van der Waals surface area contributed by atoms with E-state index in [1.54, 1.807) is 0 Å². The molecule has 4 nitrogen and oxygen atoms in total. The zero-order valence-corrected chi connectivity index (χ0v) is 15.0. The van der Waals surface area contributed by atoms with Gasteiger partial charge in [0.2, 0.25) is 5.91 Å². The van der Waals surface area contributed by atoms with E-state index in [-0.39, 0.29) is 11.9 Å². The summed E-state index contributed by atoms with van der Waals surface area (Å²) in [6, 6.07) is 0.381. The fourth-order valence-electron chi connectivity index (χ4n) is 3.91. The quantitative estimate of drug-likeness (QED) is 0.847. The van der Waals surface area contributed by atoms with E-state index in [1.807, 2.05) is 6.92 Å². The van der Waals surface area contributed by atoms with Crippen molar-refractivity contribution in [2.45, 2.75) is 64.5 Å². The lowest BCUT2D eigenvalue weighted by atomic mass is 9.87. The molecule has 2 aliphatic rings. The van der Waals surface area contributed by atoms with Gasteiger partial charge in [0.05, 0.1) is 6.04 Å². The summed E-state index contributed by atoms with van der Waals surface area (Å²) >= 11 is 0. The Morgan fingerprint density at radius 1 is 1.27 bits per heavy atom. The summed E-state index contributed by atoms with van der Waals surface area (Å²) in [5.74, 6) is 1.75. The van der Waals surface area contributed by atoms with Crippen molar-refractivity contribution in [1.29, 1.82) is 0 Å². The van der Waals surface area contributed by atoms with Crippen LogP contribution < -0.4 is 5.32 Å². The molecule has 22 heavy (non-hydrogen) atoms. The van der Waals surface area contributed by atoms with E-state index in [9.17, 15) is 4.79 Å². The molecule has 2 unspecified atom stereocenters. The second kappa shape index (κ2) is 8.30. The minimum Gasteiger partial charge on any atom is -0.352 e. The van der Waals surface area contributed by atoms with Crippen molar-refractivity contribution < 1.29 is 4.79 Å². The predicted molar refractivity (Wildman–Crippen MR) is 91.9 cm³/mol. The first-order chi connectivity index (χ1) is 10.5. The van der Waals surface area contributed by atoms with Gasteiger partial charge in [0.25, 0.3) is 0 Å². The van der Waals surface area contributed by atoms with Gasteiger partial charge in [0, 0.05) is 19.1 Å². The molecule has 128 valence electrons. The molecule has 1 aliphatic heterocycles. The Kier molecular flexibility index (Phi) is 6.69. The molecule has 1 aliphatic carbocycles. The van der Waals surface area contributed by atoms with E-state index >= 15 is 0 Å². The standard InChI is InChI=1S/C18H35N3O/c1-14-7-9-17(10-8-14)19-18(22)15(2)21(4)13-16-6-5-11-20(3)12-16/h14-17H,5-13H2,1-4H3,(H,19,22). The van der Waals surface area contributed by atoms with Crippen LogP contribution in [-0.4, -0.2) is 61.5 Å². The highest BCUT2D eigenvalue weighted by atomic mass is 16.2. The summed E-state index contributed by atoms with van der Waals surface area (Å²) in [6.07, 6.45) is 7.39. The minimum atomic E-state index is -0.0217. The molecule has 0 bridgehead atoms. The summed E-state index contributed by atoms with van der Waals surface area (Å²) in [6.45, 7) is 7.78. The molecular formula is C18H35N3O. The molecule has 1 amide bonds. The monoisotopic (exact) mass is 309 g/mol. The normalized spacial score (nSPS) is 32.0. The summed E-state index contributed by atoms with van der Waals surface area (Å²) < 4.78 is 0. The average molecular weight is 309 g/mol. The van der Waals surface area contributed by atoms with E-state index < -0.39 is 0 Å². The van der Waals surface area contributed by atoms with Crippen LogP contribution in [0.1, 0.15) is 52.4 Å². The number of hydrogen-bond acceptors (Lipinski definition) is 3. The van der Waals surface area contributed by atoms with E-state index in [0.29, 0.717) is 12.0 Å². The second-order valence-corrected chi connectivity index (χ2v) is 7.85. The molecule has 1 saturated heterocycles. The van der Waals surface area contributed by atoms with E-state index in [1.165, 1.54) is 38.8 Å². The third-order valence-corrected chi connectivity index (χ3v) is 5.67. The van der Waals surface area contributed by atoms with Crippen LogP contribution in [-0.2, 0) is 4.79 Å². The van der Waals surface area contributed by atoms with Gasteiger partial charge in [-0.25, -0.2) is 0 Å². The smallest absolute Gasteiger partial charge is 0.237 e. The molecule has 1 N–H and O–H groups in total. The fourth-order valence-corrected chi connectivity index (χ4v) is 3.91. The van der Waals surface area contributed by atoms with Crippen molar-refractivity contribution in [3.63, 3.8) is 0 Å². The maximum Gasteiger partial charge on any atom is 0.237 e. The molecule has 2 rings (SSSR count). The molecule has 4 heteroatoms. The maximum absolute atomic E-state index is 12.5. The molecule has 2 fully saturated rings. The number of amides is 1. The molecule has 0 aromatic carbocycles. The molecule has 1 saturated carbocycles. The van der Waals surface area contributed by atoms with Crippen molar-refractivity contribution >= 4 is 5.91 Å². The van der Waals surface area contributed by atoms with Crippen LogP contribution in [0.15, 0.2) is 0 Å². The number of carbonyl (C=O) groups is 1. The van der Waals surface area contributed by atoms with Gasteiger partial charge in [-0.05, 0) is 77.9 Å². The summed E-state index contributed by atoms with van der Waals surface area (Å²) in [5, 5.41) is 3.28. The number of likely N-dealkylation sites (N-methyl/N-ethyl adjacent to an activating group) is 1. The number of nitrogens with one attached hydrogen (secondary N) is 1. The number of piperidine rings is 1. The second-order valence-electron chi connectivity index (χ2n) is 7.85. The molecule has 0 radical (unpaired) electrons. The lowest BCUT2D eigenvalue weighted by Crippen LogP contribution is -2.49. The third kappa shape index (κ3) is 5.24. The van der Waals surface area contributed by atoms with Gasteiger partial charge in [-0.15, -0.1) is 0 Å². The highest BCUT2D eigenvalue weighted by Crippen LogP contribution is 2.23. The Balaban J connectivity index is 1.74. The summed E-state index contributed by atoms with van der Waals surface area (Å²) in [4.78, 5) is 17.1. The van der Waals surface area contributed by atoms with Gasteiger partial charge in [-0.3, -0.25) is 9.69 Å². The average Bonchev–Trinajstić information content (AvgIpc) is 2.48.